The summed E-state index contributed by atoms with van der Waals surface area (Å²) < 4.78 is 5.09. The standard InChI is InChI=1S/C13H17NO4/c1-13(2,12(16)17)14(3)11(15)9-7-5-6-8-10(9)18-4/h5-8H,1-4H3,(H,16,17). The van der Waals surface area contributed by atoms with Gasteiger partial charge in [0.2, 0.25) is 0 Å². The number of carbonyl (C=O) groups excluding carboxylic acids is 1. The largest absolute Gasteiger partial charge is 0.496 e. The molecule has 0 unspecified atom stereocenters. The van der Waals surface area contributed by atoms with E-state index < -0.39 is 11.5 Å². The third-order valence-corrected chi connectivity index (χ3v) is 3.00. The lowest BCUT2D eigenvalue weighted by atomic mass is 10.0. The second-order valence-electron chi connectivity index (χ2n) is 4.43. The van der Waals surface area contributed by atoms with Crippen molar-refractivity contribution in [3.63, 3.8) is 0 Å². The molecule has 1 N–H and O–H groups in total. The Morgan fingerprint density at radius 2 is 1.83 bits per heavy atom. The Hall–Kier alpha value is -2.04. The van der Waals surface area contributed by atoms with Crippen molar-refractivity contribution in [2.45, 2.75) is 19.4 Å². The van der Waals surface area contributed by atoms with Crippen LogP contribution in [0.5, 0.6) is 5.75 Å². The molecular formula is C13H17NO4. The van der Waals surface area contributed by atoms with E-state index in [-0.39, 0.29) is 5.91 Å². The second-order valence-corrected chi connectivity index (χ2v) is 4.43. The van der Waals surface area contributed by atoms with Crippen LogP contribution in [0.25, 0.3) is 0 Å². The molecule has 1 amide bonds. The van der Waals surface area contributed by atoms with Gasteiger partial charge in [0.25, 0.3) is 5.91 Å². The topological polar surface area (TPSA) is 66.8 Å². The lowest BCUT2D eigenvalue weighted by molar-refractivity contribution is -0.147. The van der Waals surface area contributed by atoms with E-state index in [0.717, 1.165) is 0 Å². The van der Waals surface area contributed by atoms with Crippen molar-refractivity contribution in [3.8, 4) is 5.75 Å². The molecule has 5 nitrogen and oxygen atoms in total. The van der Waals surface area contributed by atoms with Gasteiger partial charge < -0.3 is 14.7 Å². The van der Waals surface area contributed by atoms with Crippen LogP contribution in [0, 0.1) is 0 Å². The van der Waals surface area contributed by atoms with Crippen molar-refractivity contribution in [1.82, 2.24) is 4.90 Å². The summed E-state index contributed by atoms with van der Waals surface area (Å²) in [6, 6.07) is 6.72. The summed E-state index contributed by atoms with van der Waals surface area (Å²) in [6.45, 7) is 2.95. The van der Waals surface area contributed by atoms with Gasteiger partial charge >= 0.3 is 5.97 Å². The molecule has 98 valence electrons. The van der Waals surface area contributed by atoms with Crippen LogP contribution >= 0.6 is 0 Å². The summed E-state index contributed by atoms with van der Waals surface area (Å²) in [6.07, 6.45) is 0. The van der Waals surface area contributed by atoms with Gasteiger partial charge in [0.05, 0.1) is 12.7 Å². The van der Waals surface area contributed by atoms with E-state index in [4.69, 9.17) is 9.84 Å². The number of para-hydroxylation sites is 1. The number of nitrogens with zero attached hydrogens (tertiary/aromatic N) is 1. The number of rotatable bonds is 4. The summed E-state index contributed by atoms with van der Waals surface area (Å²) in [4.78, 5) is 24.6. The average molecular weight is 251 g/mol. The predicted molar refractivity (Wildman–Crippen MR) is 66.8 cm³/mol. The summed E-state index contributed by atoms with van der Waals surface area (Å²) in [5.74, 6) is -1.02. The maximum Gasteiger partial charge on any atom is 0.329 e. The third-order valence-electron chi connectivity index (χ3n) is 3.00. The molecule has 0 spiro atoms. The van der Waals surface area contributed by atoms with Gasteiger partial charge in [0.15, 0.2) is 0 Å². The quantitative estimate of drug-likeness (QED) is 0.883. The van der Waals surface area contributed by atoms with E-state index in [1.807, 2.05) is 0 Å². The van der Waals surface area contributed by atoms with Crippen LogP contribution in [0.4, 0.5) is 0 Å². The molecular weight excluding hydrogens is 234 g/mol. The zero-order valence-corrected chi connectivity index (χ0v) is 10.9. The summed E-state index contributed by atoms with van der Waals surface area (Å²) in [5, 5.41) is 9.11. The van der Waals surface area contributed by atoms with Crippen molar-refractivity contribution in [1.29, 1.82) is 0 Å². The number of carboxylic acid groups (broad SMARTS) is 1. The van der Waals surface area contributed by atoms with Gasteiger partial charge in [-0.25, -0.2) is 4.79 Å². The first kappa shape index (κ1) is 14.0. The highest BCUT2D eigenvalue weighted by molar-refractivity contribution is 5.99. The number of methoxy groups -OCH3 is 1. The maximum atomic E-state index is 12.3. The summed E-state index contributed by atoms with van der Waals surface area (Å²) in [5.41, 5.74) is -0.936. The molecule has 0 fully saturated rings. The lowest BCUT2D eigenvalue weighted by Crippen LogP contribution is -2.50. The first-order chi connectivity index (χ1) is 8.32. The van der Waals surface area contributed by atoms with Gasteiger partial charge in [-0.05, 0) is 26.0 Å². The van der Waals surface area contributed by atoms with Crippen molar-refractivity contribution in [2.75, 3.05) is 14.2 Å². The number of hydrogen-bond acceptors (Lipinski definition) is 3. The average Bonchev–Trinajstić information content (AvgIpc) is 2.36. The maximum absolute atomic E-state index is 12.3. The SMILES string of the molecule is COc1ccccc1C(=O)N(C)C(C)(C)C(=O)O. The van der Waals surface area contributed by atoms with Crippen LogP contribution in [-0.2, 0) is 4.79 Å². The molecule has 0 aromatic heterocycles. The molecule has 5 heteroatoms. The molecule has 0 radical (unpaired) electrons. The van der Waals surface area contributed by atoms with E-state index in [1.165, 1.54) is 32.9 Å². The first-order valence-electron chi connectivity index (χ1n) is 5.47. The highest BCUT2D eigenvalue weighted by atomic mass is 16.5. The molecule has 18 heavy (non-hydrogen) atoms. The molecule has 1 rings (SSSR count). The zero-order valence-electron chi connectivity index (χ0n) is 10.9. The predicted octanol–water partition coefficient (Wildman–Crippen LogP) is 1.63. The van der Waals surface area contributed by atoms with Gasteiger partial charge in [-0.2, -0.15) is 0 Å². The first-order valence-corrected chi connectivity index (χ1v) is 5.47. The molecule has 0 bridgehead atoms. The Balaban J connectivity index is 3.11. The molecule has 1 aromatic rings. The van der Waals surface area contributed by atoms with E-state index >= 15 is 0 Å². The number of carbonyl (C=O) groups is 2. The van der Waals surface area contributed by atoms with E-state index in [9.17, 15) is 9.59 Å². The Bertz CT molecular complexity index is 468. The highest BCUT2D eigenvalue weighted by Gasteiger charge is 2.36. The third kappa shape index (κ3) is 2.45. The molecule has 0 aliphatic carbocycles. The van der Waals surface area contributed by atoms with Crippen LogP contribution in [0.3, 0.4) is 0 Å². The monoisotopic (exact) mass is 251 g/mol. The lowest BCUT2D eigenvalue weighted by Gasteiger charge is -2.31. The Morgan fingerprint density at radius 3 is 2.33 bits per heavy atom. The van der Waals surface area contributed by atoms with Crippen molar-refractivity contribution >= 4 is 11.9 Å². The molecule has 0 saturated carbocycles. The van der Waals surface area contributed by atoms with E-state index in [2.05, 4.69) is 0 Å². The highest BCUT2D eigenvalue weighted by Crippen LogP contribution is 2.22. The van der Waals surface area contributed by atoms with Gasteiger partial charge in [-0.3, -0.25) is 4.79 Å². The van der Waals surface area contributed by atoms with Gasteiger partial charge in [0.1, 0.15) is 11.3 Å². The number of aliphatic carboxylic acids is 1. The van der Waals surface area contributed by atoms with Crippen LogP contribution in [0.2, 0.25) is 0 Å². The Kier molecular flexibility index (Phi) is 3.96. The normalized spacial score (nSPS) is 10.9. The number of likely N-dealkylation sites (N-methyl/N-ethyl adjacent to an activating group) is 1. The molecule has 0 saturated heterocycles. The molecule has 1 aromatic carbocycles. The van der Waals surface area contributed by atoms with Gasteiger partial charge in [-0.15, -0.1) is 0 Å². The minimum Gasteiger partial charge on any atom is -0.496 e. The smallest absolute Gasteiger partial charge is 0.329 e. The fraction of sp³-hybridized carbons (Fsp3) is 0.385. The Morgan fingerprint density at radius 1 is 1.28 bits per heavy atom. The van der Waals surface area contributed by atoms with Crippen LogP contribution in [0.15, 0.2) is 24.3 Å². The molecule has 0 aliphatic heterocycles. The fourth-order valence-corrected chi connectivity index (χ4v) is 1.40. The van der Waals surface area contributed by atoms with E-state index in [1.54, 1.807) is 24.3 Å². The van der Waals surface area contributed by atoms with Crippen molar-refractivity contribution < 1.29 is 19.4 Å². The van der Waals surface area contributed by atoms with Gasteiger partial charge in [-0.1, -0.05) is 12.1 Å². The minimum atomic E-state index is -1.28. The number of ether oxygens (including phenoxy) is 1. The van der Waals surface area contributed by atoms with Crippen LogP contribution < -0.4 is 4.74 Å². The van der Waals surface area contributed by atoms with Crippen molar-refractivity contribution in [2.24, 2.45) is 0 Å². The van der Waals surface area contributed by atoms with E-state index in [0.29, 0.717) is 11.3 Å². The van der Waals surface area contributed by atoms with Crippen LogP contribution in [-0.4, -0.2) is 41.6 Å². The molecule has 0 aliphatic rings. The molecule has 0 atom stereocenters. The number of hydrogen-bond donors (Lipinski definition) is 1. The number of amides is 1. The Labute approximate surface area is 106 Å². The molecule has 0 heterocycles. The number of carboxylic acids is 1. The second kappa shape index (κ2) is 5.08. The van der Waals surface area contributed by atoms with Crippen LogP contribution in [0.1, 0.15) is 24.2 Å². The van der Waals surface area contributed by atoms with Gasteiger partial charge in [0, 0.05) is 7.05 Å². The summed E-state index contributed by atoms with van der Waals surface area (Å²) in [7, 11) is 2.93. The summed E-state index contributed by atoms with van der Waals surface area (Å²) >= 11 is 0. The zero-order chi connectivity index (χ0) is 13.9. The minimum absolute atomic E-state index is 0.344. The fourth-order valence-electron chi connectivity index (χ4n) is 1.40. The van der Waals surface area contributed by atoms with Crippen molar-refractivity contribution in [3.05, 3.63) is 29.8 Å². The number of benzene rings is 1.